The fourth-order valence-electron chi connectivity index (χ4n) is 2.34. The van der Waals surface area contributed by atoms with Crippen molar-refractivity contribution in [2.24, 2.45) is 5.92 Å². The number of benzene rings is 1. The number of hydrogen-bond donors (Lipinski definition) is 1. The standard InChI is InChI=1S/C15H18N2S/c1-16-13(12-7-8-12)9-15-17-14(10-18-15)11-5-3-2-4-6-11/h2-6,10,12-13,16H,7-9H2,1H3. The number of nitrogens with zero attached hydrogens (tertiary/aromatic N) is 1. The second-order valence-corrected chi connectivity index (χ2v) is 5.87. The van der Waals surface area contributed by atoms with Crippen molar-refractivity contribution in [3.05, 3.63) is 40.7 Å². The highest BCUT2D eigenvalue weighted by Gasteiger charge is 2.30. The highest BCUT2D eigenvalue weighted by atomic mass is 32.1. The van der Waals surface area contributed by atoms with Gasteiger partial charge < -0.3 is 5.32 Å². The molecule has 1 saturated carbocycles. The Bertz CT molecular complexity index is 502. The molecule has 1 aromatic heterocycles. The average Bonchev–Trinajstić information content (AvgIpc) is 3.16. The minimum atomic E-state index is 0.611. The Kier molecular flexibility index (Phi) is 3.43. The molecular formula is C15H18N2S. The third-order valence-electron chi connectivity index (χ3n) is 3.58. The van der Waals surface area contributed by atoms with Gasteiger partial charge in [0, 0.05) is 23.4 Å². The molecule has 3 rings (SSSR count). The largest absolute Gasteiger partial charge is 0.316 e. The predicted molar refractivity (Wildman–Crippen MR) is 76.8 cm³/mol. The summed E-state index contributed by atoms with van der Waals surface area (Å²) in [5, 5.41) is 6.85. The van der Waals surface area contributed by atoms with Crippen LogP contribution in [0.3, 0.4) is 0 Å². The molecule has 0 saturated heterocycles. The van der Waals surface area contributed by atoms with Crippen LogP contribution in [0, 0.1) is 5.92 Å². The minimum absolute atomic E-state index is 0.611. The van der Waals surface area contributed by atoms with Gasteiger partial charge in [0.2, 0.25) is 0 Å². The number of aromatic nitrogens is 1. The summed E-state index contributed by atoms with van der Waals surface area (Å²) in [6.45, 7) is 0. The maximum Gasteiger partial charge on any atom is 0.0948 e. The Morgan fingerprint density at radius 3 is 2.78 bits per heavy atom. The molecule has 1 N–H and O–H groups in total. The minimum Gasteiger partial charge on any atom is -0.316 e. The van der Waals surface area contributed by atoms with E-state index >= 15 is 0 Å². The van der Waals surface area contributed by atoms with Crippen molar-refractivity contribution in [3.8, 4) is 11.3 Å². The molecule has 1 aromatic carbocycles. The first kappa shape index (κ1) is 11.9. The van der Waals surface area contributed by atoms with Gasteiger partial charge in [0.15, 0.2) is 0 Å². The zero-order valence-corrected chi connectivity index (χ0v) is 11.4. The van der Waals surface area contributed by atoms with E-state index in [0.717, 1.165) is 18.0 Å². The van der Waals surface area contributed by atoms with Crippen molar-refractivity contribution < 1.29 is 0 Å². The lowest BCUT2D eigenvalue weighted by molar-refractivity contribution is 0.500. The molecule has 1 heterocycles. The lowest BCUT2D eigenvalue weighted by Crippen LogP contribution is -2.29. The van der Waals surface area contributed by atoms with Crippen LogP contribution in [0.15, 0.2) is 35.7 Å². The first-order valence-corrected chi connectivity index (χ1v) is 7.42. The third kappa shape index (κ3) is 2.62. The van der Waals surface area contributed by atoms with Crippen molar-refractivity contribution in [2.75, 3.05) is 7.05 Å². The van der Waals surface area contributed by atoms with Crippen molar-refractivity contribution >= 4 is 11.3 Å². The average molecular weight is 258 g/mol. The quantitative estimate of drug-likeness (QED) is 0.889. The van der Waals surface area contributed by atoms with Crippen LogP contribution in [-0.4, -0.2) is 18.1 Å². The van der Waals surface area contributed by atoms with Crippen molar-refractivity contribution in [2.45, 2.75) is 25.3 Å². The maximum atomic E-state index is 4.76. The van der Waals surface area contributed by atoms with Gasteiger partial charge >= 0.3 is 0 Å². The van der Waals surface area contributed by atoms with Crippen molar-refractivity contribution in [1.29, 1.82) is 0 Å². The van der Waals surface area contributed by atoms with E-state index in [-0.39, 0.29) is 0 Å². The molecule has 0 radical (unpaired) electrons. The molecule has 1 aliphatic rings. The number of likely N-dealkylation sites (N-methyl/N-ethyl adjacent to an activating group) is 1. The molecule has 1 unspecified atom stereocenters. The number of nitrogens with one attached hydrogen (secondary N) is 1. The summed E-state index contributed by atoms with van der Waals surface area (Å²) in [4.78, 5) is 4.76. The highest BCUT2D eigenvalue weighted by Crippen LogP contribution is 2.34. The summed E-state index contributed by atoms with van der Waals surface area (Å²) < 4.78 is 0. The summed E-state index contributed by atoms with van der Waals surface area (Å²) in [6, 6.07) is 11.0. The van der Waals surface area contributed by atoms with Crippen LogP contribution >= 0.6 is 11.3 Å². The molecule has 18 heavy (non-hydrogen) atoms. The van der Waals surface area contributed by atoms with Crippen molar-refractivity contribution in [3.63, 3.8) is 0 Å². The summed E-state index contributed by atoms with van der Waals surface area (Å²) in [7, 11) is 2.06. The van der Waals surface area contributed by atoms with Crippen LogP contribution in [0.4, 0.5) is 0 Å². The molecule has 0 aliphatic heterocycles. The molecule has 0 bridgehead atoms. The Morgan fingerprint density at radius 2 is 2.11 bits per heavy atom. The molecule has 1 fully saturated rings. The van der Waals surface area contributed by atoms with Gasteiger partial charge in [-0.05, 0) is 25.8 Å². The van der Waals surface area contributed by atoms with E-state index in [4.69, 9.17) is 4.98 Å². The molecule has 0 amide bonds. The van der Waals surface area contributed by atoms with E-state index < -0.39 is 0 Å². The second-order valence-electron chi connectivity index (χ2n) is 4.93. The van der Waals surface area contributed by atoms with E-state index in [1.807, 2.05) is 6.07 Å². The second kappa shape index (κ2) is 5.21. The Hall–Kier alpha value is -1.19. The number of thiazole rings is 1. The predicted octanol–water partition coefficient (Wildman–Crippen LogP) is 3.35. The highest BCUT2D eigenvalue weighted by molar-refractivity contribution is 7.09. The molecule has 94 valence electrons. The fraction of sp³-hybridized carbons (Fsp3) is 0.400. The molecular weight excluding hydrogens is 240 g/mol. The molecule has 0 spiro atoms. The van der Waals surface area contributed by atoms with Gasteiger partial charge in [-0.15, -0.1) is 11.3 Å². The number of rotatable bonds is 5. The van der Waals surface area contributed by atoms with Gasteiger partial charge in [-0.25, -0.2) is 4.98 Å². The summed E-state index contributed by atoms with van der Waals surface area (Å²) in [6.07, 6.45) is 3.82. The summed E-state index contributed by atoms with van der Waals surface area (Å²) >= 11 is 1.78. The first-order chi connectivity index (χ1) is 8.86. The Morgan fingerprint density at radius 1 is 1.33 bits per heavy atom. The van der Waals surface area contributed by atoms with E-state index in [0.29, 0.717) is 6.04 Å². The van der Waals surface area contributed by atoms with Gasteiger partial charge in [-0.1, -0.05) is 30.3 Å². The van der Waals surface area contributed by atoms with Crippen LogP contribution in [0.25, 0.3) is 11.3 Å². The van der Waals surface area contributed by atoms with Crippen LogP contribution in [0.2, 0.25) is 0 Å². The molecule has 2 aromatic rings. The fourth-order valence-corrected chi connectivity index (χ4v) is 3.20. The Balaban J connectivity index is 1.73. The maximum absolute atomic E-state index is 4.76. The smallest absolute Gasteiger partial charge is 0.0948 e. The van der Waals surface area contributed by atoms with Crippen LogP contribution in [0.5, 0.6) is 0 Å². The topological polar surface area (TPSA) is 24.9 Å². The van der Waals surface area contributed by atoms with E-state index in [1.54, 1.807) is 11.3 Å². The summed E-state index contributed by atoms with van der Waals surface area (Å²) in [5.41, 5.74) is 2.33. The zero-order chi connectivity index (χ0) is 12.4. The van der Waals surface area contributed by atoms with E-state index in [9.17, 15) is 0 Å². The molecule has 3 heteroatoms. The van der Waals surface area contributed by atoms with Crippen LogP contribution in [-0.2, 0) is 6.42 Å². The SMILES string of the molecule is CNC(Cc1nc(-c2ccccc2)cs1)C1CC1. The van der Waals surface area contributed by atoms with Gasteiger partial charge in [0.25, 0.3) is 0 Å². The lowest BCUT2D eigenvalue weighted by atomic mass is 10.1. The normalized spacial score (nSPS) is 16.7. The van der Waals surface area contributed by atoms with E-state index in [2.05, 4.69) is 42.0 Å². The monoisotopic (exact) mass is 258 g/mol. The van der Waals surface area contributed by atoms with Crippen LogP contribution < -0.4 is 5.32 Å². The van der Waals surface area contributed by atoms with Crippen molar-refractivity contribution in [1.82, 2.24) is 10.3 Å². The van der Waals surface area contributed by atoms with Crippen LogP contribution in [0.1, 0.15) is 17.8 Å². The Labute approximate surface area is 112 Å². The van der Waals surface area contributed by atoms with Gasteiger partial charge in [0.1, 0.15) is 0 Å². The molecule has 1 atom stereocenters. The molecule has 1 aliphatic carbocycles. The summed E-state index contributed by atoms with van der Waals surface area (Å²) in [5.74, 6) is 0.874. The number of hydrogen-bond acceptors (Lipinski definition) is 3. The first-order valence-electron chi connectivity index (χ1n) is 6.54. The van der Waals surface area contributed by atoms with E-state index in [1.165, 1.54) is 23.4 Å². The van der Waals surface area contributed by atoms with Gasteiger partial charge in [-0.2, -0.15) is 0 Å². The lowest BCUT2D eigenvalue weighted by Gasteiger charge is -2.12. The third-order valence-corrected chi connectivity index (χ3v) is 4.45. The molecule has 2 nitrogen and oxygen atoms in total. The van der Waals surface area contributed by atoms with Gasteiger partial charge in [0.05, 0.1) is 10.7 Å². The zero-order valence-electron chi connectivity index (χ0n) is 10.6. The van der Waals surface area contributed by atoms with Gasteiger partial charge in [-0.3, -0.25) is 0 Å².